The number of ketones is 2. The molecule has 1 fully saturated rings. The van der Waals surface area contributed by atoms with Gasteiger partial charge in [0.2, 0.25) is 5.78 Å². The zero-order valence-corrected chi connectivity index (χ0v) is 20.9. The highest BCUT2D eigenvalue weighted by Gasteiger charge is 2.64. The summed E-state index contributed by atoms with van der Waals surface area (Å²) in [5, 5.41) is 44.4. The lowest BCUT2D eigenvalue weighted by Crippen LogP contribution is -2.65. The lowest BCUT2D eigenvalue weighted by molar-refractivity contribution is -0.153. The summed E-state index contributed by atoms with van der Waals surface area (Å²) in [6.45, 7) is 3.73. The van der Waals surface area contributed by atoms with Crippen LogP contribution in [-0.4, -0.2) is 68.5 Å². The second-order valence-electron chi connectivity index (χ2n) is 10.7. The number of amides is 1. The number of halogens is 2. The standard InChI is InChI=1S/C26H30F2N2O7/c1-9(2)5-6-11-17(27)18(28)12-7-10-8-13-19(30(3)4)22(33)16(25(29)36)24(35)26(13,37)23(34)14(10)21(32)15(12)20(11)31/h9-10,13,19,31-32,35,37H,5-8H2,1-4H3,(H2,29,36)/t10-,13-,19-,26-/m0/s1. The van der Waals surface area contributed by atoms with Gasteiger partial charge >= 0.3 is 0 Å². The number of nitrogens with two attached hydrogens (primary N) is 1. The normalized spacial score (nSPS) is 27.5. The quantitative estimate of drug-likeness (QED) is 0.368. The number of carbonyl (C=O) groups excluding carboxylic acids is 3. The summed E-state index contributed by atoms with van der Waals surface area (Å²) in [5.74, 6) is -10.9. The molecule has 0 saturated heterocycles. The molecule has 1 aromatic carbocycles. The Bertz CT molecular complexity index is 1300. The van der Waals surface area contributed by atoms with Gasteiger partial charge in [-0.05, 0) is 51.6 Å². The molecule has 11 heteroatoms. The topological polar surface area (TPSA) is 161 Å². The fourth-order valence-electron chi connectivity index (χ4n) is 6.01. The molecule has 0 heterocycles. The molecule has 0 spiro atoms. The van der Waals surface area contributed by atoms with Gasteiger partial charge in [-0.15, -0.1) is 0 Å². The Morgan fingerprint density at radius 1 is 1.16 bits per heavy atom. The molecule has 1 aromatic rings. The van der Waals surface area contributed by atoms with E-state index in [1.54, 1.807) is 0 Å². The Morgan fingerprint density at radius 3 is 2.32 bits per heavy atom. The minimum absolute atomic E-state index is 0.0241. The first-order valence-electron chi connectivity index (χ1n) is 12.0. The van der Waals surface area contributed by atoms with Gasteiger partial charge in [-0.3, -0.25) is 19.3 Å². The zero-order chi connectivity index (χ0) is 27.7. The summed E-state index contributed by atoms with van der Waals surface area (Å²) < 4.78 is 30.2. The van der Waals surface area contributed by atoms with E-state index in [1.807, 2.05) is 13.8 Å². The van der Waals surface area contributed by atoms with Gasteiger partial charge in [0.1, 0.15) is 22.8 Å². The van der Waals surface area contributed by atoms with Crippen LogP contribution in [0.1, 0.15) is 43.4 Å². The number of aromatic hydroxyl groups is 1. The maximum absolute atomic E-state index is 15.2. The molecule has 1 amide bonds. The van der Waals surface area contributed by atoms with E-state index >= 15 is 4.39 Å². The van der Waals surface area contributed by atoms with Crippen LogP contribution in [0.2, 0.25) is 0 Å². The number of aliphatic hydroxyl groups is 3. The van der Waals surface area contributed by atoms with Crippen LogP contribution < -0.4 is 5.73 Å². The van der Waals surface area contributed by atoms with Crippen LogP contribution in [0.4, 0.5) is 8.78 Å². The van der Waals surface area contributed by atoms with Gasteiger partial charge in [-0.25, -0.2) is 8.78 Å². The number of phenols is 1. The molecular weight excluding hydrogens is 490 g/mol. The fourth-order valence-corrected chi connectivity index (χ4v) is 6.01. The van der Waals surface area contributed by atoms with Crippen LogP contribution in [0.5, 0.6) is 5.75 Å². The van der Waals surface area contributed by atoms with E-state index in [2.05, 4.69) is 0 Å². The number of rotatable bonds is 5. The van der Waals surface area contributed by atoms with Crippen LogP contribution in [-0.2, 0) is 27.2 Å². The Morgan fingerprint density at radius 2 is 1.78 bits per heavy atom. The van der Waals surface area contributed by atoms with Crippen molar-refractivity contribution in [1.29, 1.82) is 0 Å². The smallest absolute Gasteiger partial charge is 0.255 e. The van der Waals surface area contributed by atoms with Gasteiger partial charge in [-0.1, -0.05) is 13.8 Å². The molecule has 200 valence electrons. The van der Waals surface area contributed by atoms with Gasteiger partial charge < -0.3 is 26.2 Å². The lowest BCUT2D eigenvalue weighted by atomic mass is 9.57. The number of hydrogen-bond donors (Lipinski definition) is 5. The van der Waals surface area contributed by atoms with Crippen molar-refractivity contribution in [3.05, 3.63) is 45.2 Å². The molecule has 3 aliphatic carbocycles. The number of hydrogen-bond acceptors (Lipinski definition) is 8. The zero-order valence-electron chi connectivity index (χ0n) is 20.9. The van der Waals surface area contributed by atoms with E-state index in [9.17, 15) is 39.2 Å². The van der Waals surface area contributed by atoms with E-state index in [0.29, 0.717) is 6.42 Å². The molecule has 9 nitrogen and oxygen atoms in total. The van der Waals surface area contributed by atoms with Crippen molar-refractivity contribution in [2.45, 2.75) is 51.2 Å². The van der Waals surface area contributed by atoms with Gasteiger partial charge in [0.15, 0.2) is 23.0 Å². The van der Waals surface area contributed by atoms with Gasteiger partial charge in [0, 0.05) is 22.6 Å². The van der Waals surface area contributed by atoms with Crippen molar-refractivity contribution in [3.8, 4) is 5.75 Å². The van der Waals surface area contributed by atoms with Crippen molar-refractivity contribution in [1.82, 2.24) is 4.90 Å². The third kappa shape index (κ3) is 3.66. The average Bonchev–Trinajstić information content (AvgIpc) is 2.79. The Hall–Kier alpha value is -3.31. The predicted molar refractivity (Wildman–Crippen MR) is 127 cm³/mol. The van der Waals surface area contributed by atoms with Crippen molar-refractivity contribution in [2.75, 3.05) is 14.1 Å². The van der Waals surface area contributed by atoms with E-state index < -0.39 is 86.6 Å². The molecular formula is C26H30F2N2O7. The highest BCUT2D eigenvalue weighted by molar-refractivity contribution is 6.24. The first kappa shape index (κ1) is 26.7. The Kier molecular flexibility index (Phi) is 6.44. The summed E-state index contributed by atoms with van der Waals surface area (Å²) in [5.41, 5.74) is 0.0395. The molecule has 37 heavy (non-hydrogen) atoms. The number of nitrogens with zero attached hydrogens (tertiary/aromatic N) is 1. The molecule has 0 aliphatic heterocycles. The van der Waals surface area contributed by atoms with Gasteiger partial charge in [0.25, 0.3) is 5.91 Å². The molecule has 6 N–H and O–H groups in total. The highest BCUT2D eigenvalue weighted by Crippen LogP contribution is 2.53. The minimum atomic E-state index is -2.79. The fraction of sp³-hybridized carbons (Fsp3) is 0.500. The number of carbonyl (C=O) groups is 3. The van der Waals surface area contributed by atoms with E-state index in [4.69, 9.17) is 5.73 Å². The Labute approximate surface area is 211 Å². The summed E-state index contributed by atoms with van der Waals surface area (Å²) in [6, 6.07) is -1.26. The first-order valence-corrected chi connectivity index (χ1v) is 12.0. The largest absolute Gasteiger partial charge is 0.508 e. The minimum Gasteiger partial charge on any atom is -0.508 e. The maximum Gasteiger partial charge on any atom is 0.255 e. The number of primary amides is 1. The van der Waals surface area contributed by atoms with E-state index in [1.165, 1.54) is 19.0 Å². The van der Waals surface area contributed by atoms with Crippen molar-refractivity contribution < 1.29 is 43.6 Å². The van der Waals surface area contributed by atoms with Gasteiger partial charge in [0.05, 0.1) is 11.6 Å². The molecule has 0 bridgehead atoms. The molecule has 0 aromatic heterocycles. The highest BCUT2D eigenvalue weighted by atomic mass is 19.2. The Balaban J connectivity index is 1.96. The van der Waals surface area contributed by atoms with E-state index in [0.717, 1.165) is 0 Å². The second-order valence-corrected chi connectivity index (χ2v) is 10.7. The van der Waals surface area contributed by atoms with E-state index in [-0.39, 0.29) is 36.3 Å². The summed E-state index contributed by atoms with van der Waals surface area (Å²) in [6.07, 6.45) is -0.126. The van der Waals surface area contributed by atoms with Crippen LogP contribution in [0.25, 0.3) is 5.76 Å². The summed E-state index contributed by atoms with van der Waals surface area (Å²) >= 11 is 0. The molecule has 0 radical (unpaired) electrons. The number of aliphatic hydroxyl groups excluding tert-OH is 2. The van der Waals surface area contributed by atoms with Crippen molar-refractivity contribution >= 4 is 23.2 Å². The number of Topliss-reactive ketones (excluding diaryl/α,β-unsaturated/α-hetero) is 2. The first-order chi connectivity index (χ1) is 17.2. The van der Waals surface area contributed by atoms with Crippen molar-refractivity contribution in [3.63, 3.8) is 0 Å². The molecule has 3 aliphatic rings. The predicted octanol–water partition coefficient (Wildman–Crippen LogP) is 1.83. The monoisotopic (exact) mass is 520 g/mol. The third-order valence-electron chi connectivity index (χ3n) is 7.83. The van der Waals surface area contributed by atoms with Crippen LogP contribution >= 0.6 is 0 Å². The number of fused-ring (bicyclic) bond motifs is 3. The SMILES string of the molecule is CC(C)CCc1c(O)c2c(c(F)c1F)C[C@H]1C[C@H]3[C@H](N(C)C)C(=O)C(C(N)=O)=C(O)[C@@]3(O)C(=O)C1=C2O. The molecule has 4 rings (SSSR count). The maximum atomic E-state index is 15.2. The van der Waals surface area contributed by atoms with Crippen LogP contribution in [0.15, 0.2) is 16.9 Å². The van der Waals surface area contributed by atoms with Crippen molar-refractivity contribution in [2.24, 2.45) is 23.5 Å². The average molecular weight is 521 g/mol. The van der Waals surface area contributed by atoms with Crippen LogP contribution in [0, 0.1) is 29.4 Å². The lowest BCUT2D eigenvalue weighted by Gasteiger charge is -2.50. The van der Waals surface area contributed by atoms with Gasteiger partial charge in [-0.2, -0.15) is 0 Å². The molecule has 0 unspecified atom stereocenters. The number of benzene rings is 1. The molecule has 1 saturated carbocycles. The second kappa shape index (κ2) is 8.91. The van der Waals surface area contributed by atoms with Crippen LogP contribution in [0.3, 0.4) is 0 Å². The third-order valence-corrected chi connectivity index (χ3v) is 7.83. The molecule has 4 atom stereocenters. The number of phenolic OH excluding ortho intramolecular Hbond substituents is 1. The summed E-state index contributed by atoms with van der Waals surface area (Å²) in [7, 11) is 2.94. The summed E-state index contributed by atoms with van der Waals surface area (Å²) in [4.78, 5) is 40.2. The number of likely N-dealkylation sites (N-methyl/N-ethyl adjacent to an activating group) is 1.